The molecule has 1 N–H and O–H groups in total. The third kappa shape index (κ3) is 3.01. The third-order valence-corrected chi connectivity index (χ3v) is 2.68. The maximum Gasteiger partial charge on any atom is 0.164 e. The smallest absolute Gasteiger partial charge is 0.164 e. The zero-order valence-corrected chi connectivity index (χ0v) is 9.93. The molecule has 1 aromatic carbocycles. The van der Waals surface area contributed by atoms with E-state index in [9.17, 15) is 13.9 Å². The summed E-state index contributed by atoms with van der Waals surface area (Å²) in [4.78, 5) is 0. The molecule has 3 heteroatoms. The van der Waals surface area contributed by atoms with Gasteiger partial charge in [0.15, 0.2) is 11.6 Å². The Morgan fingerprint density at radius 1 is 1.12 bits per heavy atom. The van der Waals surface area contributed by atoms with E-state index in [-0.39, 0.29) is 11.1 Å². The number of hydrogen-bond donors (Lipinski definition) is 1. The van der Waals surface area contributed by atoms with Crippen LogP contribution in [0.1, 0.15) is 43.9 Å². The molecule has 1 nitrogen and oxygen atoms in total. The van der Waals surface area contributed by atoms with Gasteiger partial charge in [0.25, 0.3) is 0 Å². The van der Waals surface area contributed by atoms with Gasteiger partial charge in [0.2, 0.25) is 0 Å². The lowest BCUT2D eigenvalue weighted by Gasteiger charge is -2.14. The standard InChI is InChI=1S/C13H18F2O/c1-8(2)4-7-11(16)10-6-5-9(3)12(14)13(10)15/h5-6,8,11,16H,4,7H2,1-3H3. The first kappa shape index (κ1) is 13.1. The van der Waals surface area contributed by atoms with Crippen molar-refractivity contribution in [2.75, 3.05) is 0 Å². The molecular formula is C13H18F2O. The summed E-state index contributed by atoms with van der Waals surface area (Å²) in [6.45, 7) is 5.56. The van der Waals surface area contributed by atoms with Gasteiger partial charge in [0.05, 0.1) is 6.10 Å². The van der Waals surface area contributed by atoms with Crippen LogP contribution in [0.5, 0.6) is 0 Å². The molecule has 0 bridgehead atoms. The number of hydrogen-bond acceptors (Lipinski definition) is 1. The number of halogens is 2. The Morgan fingerprint density at radius 2 is 1.75 bits per heavy atom. The SMILES string of the molecule is Cc1ccc(C(O)CCC(C)C)c(F)c1F. The monoisotopic (exact) mass is 228 g/mol. The average Bonchev–Trinajstić information content (AvgIpc) is 2.23. The molecule has 1 rings (SSSR count). The number of aliphatic hydroxyl groups excluding tert-OH is 1. The van der Waals surface area contributed by atoms with Crippen molar-refractivity contribution in [1.82, 2.24) is 0 Å². The molecule has 0 aliphatic carbocycles. The van der Waals surface area contributed by atoms with Crippen LogP contribution in [0.3, 0.4) is 0 Å². The molecule has 1 unspecified atom stereocenters. The van der Waals surface area contributed by atoms with Crippen LogP contribution in [0.4, 0.5) is 8.78 Å². The fourth-order valence-corrected chi connectivity index (χ4v) is 1.56. The molecular weight excluding hydrogens is 210 g/mol. The van der Waals surface area contributed by atoms with Crippen LogP contribution in [-0.4, -0.2) is 5.11 Å². The van der Waals surface area contributed by atoms with Gasteiger partial charge in [-0.15, -0.1) is 0 Å². The summed E-state index contributed by atoms with van der Waals surface area (Å²) in [6.07, 6.45) is 0.324. The molecule has 16 heavy (non-hydrogen) atoms. The van der Waals surface area contributed by atoms with E-state index in [0.29, 0.717) is 12.3 Å². The van der Waals surface area contributed by atoms with Crippen molar-refractivity contribution >= 4 is 0 Å². The van der Waals surface area contributed by atoms with E-state index >= 15 is 0 Å². The largest absolute Gasteiger partial charge is 0.388 e. The van der Waals surface area contributed by atoms with Crippen molar-refractivity contribution in [3.05, 3.63) is 34.9 Å². The van der Waals surface area contributed by atoms with Gasteiger partial charge in [-0.1, -0.05) is 26.0 Å². The molecule has 0 radical (unpaired) electrons. The van der Waals surface area contributed by atoms with Crippen molar-refractivity contribution in [3.8, 4) is 0 Å². The maximum absolute atomic E-state index is 13.5. The quantitative estimate of drug-likeness (QED) is 0.832. The van der Waals surface area contributed by atoms with Gasteiger partial charge < -0.3 is 5.11 Å². The third-order valence-electron chi connectivity index (χ3n) is 2.68. The average molecular weight is 228 g/mol. The van der Waals surface area contributed by atoms with E-state index in [1.54, 1.807) is 0 Å². The van der Waals surface area contributed by atoms with Gasteiger partial charge in [-0.05, 0) is 31.2 Å². The lowest BCUT2D eigenvalue weighted by Crippen LogP contribution is -2.05. The minimum Gasteiger partial charge on any atom is -0.388 e. The summed E-state index contributed by atoms with van der Waals surface area (Å²) >= 11 is 0. The first-order chi connectivity index (χ1) is 7.43. The normalized spacial score (nSPS) is 13.2. The summed E-state index contributed by atoms with van der Waals surface area (Å²) in [7, 11) is 0. The van der Waals surface area contributed by atoms with Crippen molar-refractivity contribution in [3.63, 3.8) is 0 Å². The van der Waals surface area contributed by atoms with E-state index in [4.69, 9.17) is 0 Å². The Hall–Kier alpha value is -0.960. The highest BCUT2D eigenvalue weighted by Gasteiger charge is 2.17. The summed E-state index contributed by atoms with van der Waals surface area (Å²) in [6, 6.07) is 2.95. The summed E-state index contributed by atoms with van der Waals surface area (Å²) < 4.78 is 26.8. The lowest BCUT2D eigenvalue weighted by atomic mass is 9.98. The predicted molar refractivity (Wildman–Crippen MR) is 60.1 cm³/mol. The molecule has 0 saturated carbocycles. The molecule has 0 heterocycles. The number of rotatable bonds is 4. The van der Waals surface area contributed by atoms with Gasteiger partial charge in [-0.3, -0.25) is 0 Å². The van der Waals surface area contributed by atoms with Crippen LogP contribution in [0.25, 0.3) is 0 Å². The molecule has 0 spiro atoms. The Labute approximate surface area is 95.1 Å². The molecule has 0 aliphatic rings. The van der Waals surface area contributed by atoms with Crippen LogP contribution in [0, 0.1) is 24.5 Å². The highest BCUT2D eigenvalue weighted by Crippen LogP contribution is 2.25. The molecule has 0 aromatic heterocycles. The molecule has 0 saturated heterocycles. The summed E-state index contributed by atoms with van der Waals surface area (Å²) in [5.74, 6) is -1.34. The second-order valence-corrected chi connectivity index (χ2v) is 4.59. The lowest BCUT2D eigenvalue weighted by molar-refractivity contribution is 0.153. The first-order valence-electron chi connectivity index (χ1n) is 5.56. The fraction of sp³-hybridized carbons (Fsp3) is 0.538. The molecule has 1 atom stereocenters. The Kier molecular flexibility index (Phi) is 4.42. The highest BCUT2D eigenvalue weighted by molar-refractivity contribution is 5.26. The van der Waals surface area contributed by atoms with Crippen LogP contribution < -0.4 is 0 Å². The fourth-order valence-electron chi connectivity index (χ4n) is 1.56. The van der Waals surface area contributed by atoms with Crippen molar-refractivity contribution in [1.29, 1.82) is 0 Å². The van der Waals surface area contributed by atoms with Gasteiger partial charge in [0, 0.05) is 5.56 Å². The van der Waals surface area contributed by atoms with Crippen LogP contribution in [-0.2, 0) is 0 Å². The Bertz CT molecular complexity index is 361. The second kappa shape index (κ2) is 5.39. The van der Waals surface area contributed by atoms with Crippen molar-refractivity contribution in [2.24, 2.45) is 5.92 Å². The topological polar surface area (TPSA) is 20.2 Å². The molecule has 90 valence electrons. The van der Waals surface area contributed by atoms with Gasteiger partial charge >= 0.3 is 0 Å². The zero-order valence-electron chi connectivity index (χ0n) is 9.93. The number of aliphatic hydroxyl groups is 1. The van der Waals surface area contributed by atoms with Crippen molar-refractivity contribution < 1.29 is 13.9 Å². The maximum atomic E-state index is 13.5. The van der Waals surface area contributed by atoms with Gasteiger partial charge in [-0.2, -0.15) is 0 Å². The minimum atomic E-state index is -0.920. The van der Waals surface area contributed by atoms with E-state index < -0.39 is 17.7 Å². The van der Waals surface area contributed by atoms with Crippen LogP contribution >= 0.6 is 0 Å². The molecule has 0 aliphatic heterocycles. The summed E-state index contributed by atoms with van der Waals surface area (Å²) in [5.41, 5.74) is 0.320. The van der Waals surface area contributed by atoms with Crippen molar-refractivity contribution in [2.45, 2.75) is 39.7 Å². The number of aryl methyl sites for hydroxylation is 1. The zero-order chi connectivity index (χ0) is 12.3. The van der Waals surface area contributed by atoms with E-state index in [0.717, 1.165) is 6.42 Å². The van der Waals surface area contributed by atoms with E-state index in [2.05, 4.69) is 0 Å². The second-order valence-electron chi connectivity index (χ2n) is 4.59. The predicted octanol–water partition coefficient (Wildman–Crippen LogP) is 3.74. The molecule has 0 amide bonds. The Balaban J connectivity index is 2.84. The molecule has 0 fully saturated rings. The van der Waals surface area contributed by atoms with Gasteiger partial charge in [-0.25, -0.2) is 8.78 Å². The molecule has 1 aromatic rings. The van der Waals surface area contributed by atoms with E-state index in [1.807, 2.05) is 13.8 Å². The Morgan fingerprint density at radius 3 is 2.31 bits per heavy atom. The number of benzene rings is 1. The van der Waals surface area contributed by atoms with Crippen LogP contribution in [0.2, 0.25) is 0 Å². The first-order valence-corrected chi connectivity index (χ1v) is 5.56. The minimum absolute atomic E-state index is 0.0590. The van der Waals surface area contributed by atoms with Gasteiger partial charge in [0.1, 0.15) is 0 Å². The highest BCUT2D eigenvalue weighted by atomic mass is 19.2. The van der Waals surface area contributed by atoms with E-state index in [1.165, 1.54) is 19.1 Å². The van der Waals surface area contributed by atoms with Crippen LogP contribution in [0.15, 0.2) is 12.1 Å². The summed E-state index contributed by atoms with van der Waals surface area (Å²) in [5, 5.41) is 9.76.